The van der Waals surface area contributed by atoms with Crippen molar-refractivity contribution in [2.75, 3.05) is 41.4 Å². The average Bonchev–Trinajstić information content (AvgIpc) is 3.53. The number of carbonyl (C=O) groups excluding carboxylic acids is 4. The van der Waals surface area contributed by atoms with Gasteiger partial charge >= 0.3 is 5.97 Å². The van der Waals surface area contributed by atoms with Crippen LogP contribution in [0, 0.1) is 12.8 Å². The van der Waals surface area contributed by atoms with Crippen LogP contribution < -0.4 is 20.9 Å². The second-order valence-corrected chi connectivity index (χ2v) is 8.43. The molecule has 0 radical (unpaired) electrons. The van der Waals surface area contributed by atoms with Gasteiger partial charge in [-0.1, -0.05) is 0 Å². The van der Waals surface area contributed by atoms with Gasteiger partial charge in [-0.3, -0.25) is 19.7 Å². The lowest BCUT2D eigenvalue weighted by molar-refractivity contribution is -0.122. The van der Waals surface area contributed by atoms with Gasteiger partial charge in [-0.2, -0.15) is 0 Å². The number of esters is 1. The molecule has 1 aromatic heterocycles. The van der Waals surface area contributed by atoms with E-state index in [1.807, 2.05) is 24.3 Å². The maximum absolute atomic E-state index is 12.9. The van der Waals surface area contributed by atoms with Gasteiger partial charge in [0.05, 0.1) is 12.5 Å². The van der Waals surface area contributed by atoms with Crippen molar-refractivity contribution in [3.05, 3.63) is 41.2 Å². The van der Waals surface area contributed by atoms with Gasteiger partial charge in [0.25, 0.3) is 5.91 Å². The Morgan fingerprint density at radius 2 is 1.76 bits per heavy atom. The third-order valence-corrected chi connectivity index (χ3v) is 6.18. The van der Waals surface area contributed by atoms with Gasteiger partial charge in [-0.05, 0) is 51.0 Å². The van der Waals surface area contributed by atoms with Crippen molar-refractivity contribution < 1.29 is 28.3 Å². The number of rotatable bonds is 7. The van der Waals surface area contributed by atoms with E-state index in [0.29, 0.717) is 0 Å². The number of nitrogens with one attached hydrogen (secondary N) is 1. The van der Waals surface area contributed by atoms with Gasteiger partial charge in [-0.25, -0.2) is 4.79 Å². The Morgan fingerprint density at radius 3 is 2.38 bits per heavy atom. The molecule has 0 aliphatic carbocycles. The lowest BCUT2D eigenvalue weighted by atomic mass is 10.1. The van der Waals surface area contributed by atoms with Crippen LogP contribution in [0.15, 0.2) is 28.7 Å². The monoisotopic (exact) mass is 468 g/mol. The lowest BCUT2D eigenvalue weighted by Crippen LogP contribution is -2.29. The van der Waals surface area contributed by atoms with E-state index in [-0.39, 0.29) is 48.3 Å². The number of benzene rings is 1. The van der Waals surface area contributed by atoms with Gasteiger partial charge in [0, 0.05) is 37.4 Å². The molecule has 10 nitrogen and oxygen atoms in total. The first-order chi connectivity index (χ1) is 16.3. The largest absolute Gasteiger partial charge is 0.462 e. The van der Waals surface area contributed by atoms with E-state index in [1.165, 1.54) is 19.8 Å². The molecular formula is C24H28N4O6. The average molecular weight is 469 g/mol. The Labute approximate surface area is 197 Å². The minimum atomic E-state index is -0.933. The normalized spacial score (nSPS) is 17.8. The number of aryl methyl sites for hydroxylation is 1. The van der Waals surface area contributed by atoms with Gasteiger partial charge in [0.2, 0.25) is 17.7 Å². The summed E-state index contributed by atoms with van der Waals surface area (Å²) in [5.74, 6) is -3.16. The van der Waals surface area contributed by atoms with E-state index in [1.54, 1.807) is 11.8 Å². The van der Waals surface area contributed by atoms with E-state index >= 15 is 0 Å². The predicted molar refractivity (Wildman–Crippen MR) is 125 cm³/mol. The highest BCUT2D eigenvalue weighted by Gasteiger charge is 2.37. The van der Waals surface area contributed by atoms with Crippen molar-refractivity contribution in [3.8, 4) is 0 Å². The van der Waals surface area contributed by atoms with Crippen molar-refractivity contribution in [1.29, 1.82) is 0 Å². The third-order valence-electron chi connectivity index (χ3n) is 6.18. The molecule has 2 fully saturated rings. The molecule has 4 rings (SSSR count). The molecule has 2 aliphatic rings. The highest BCUT2D eigenvalue weighted by molar-refractivity contribution is 6.11. The minimum absolute atomic E-state index is 0.00996. The number of anilines is 3. The Hall–Kier alpha value is -3.82. The molecule has 3 amide bonds. The molecule has 2 saturated heterocycles. The van der Waals surface area contributed by atoms with E-state index in [2.05, 4.69) is 10.2 Å². The number of hydrogen-bond donors (Lipinski definition) is 2. The second kappa shape index (κ2) is 9.58. The van der Waals surface area contributed by atoms with Crippen LogP contribution >= 0.6 is 0 Å². The molecule has 3 heterocycles. The van der Waals surface area contributed by atoms with Crippen LogP contribution in [0.25, 0.3) is 0 Å². The molecule has 2 aliphatic heterocycles. The molecule has 34 heavy (non-hydrogen) atoms. The van der Waals surface area contributed by atoms with E-state index < -0.39 is 23.7 Å². The van der Waals surface area contributed by atoms with Crippen LogP contribution in [0.5, 0.6) is 0 Å². The first-order valence-corrected chi connectivity index (χ1v) is 11.4. The lowest BCUT2D eigenvalue weighted by Gasteiger charge is -2.20. The molecule has 3 N–H and O–H groups in total. The van der Waals surface area contributed by atoms with Crippen LogP contribution in [0.2, 0.25) is 0 Å². The first kappa shape index (κ1) is 23.3. The van der Waals surface area contributed by atoms with Crippen LogP contribution in [0.3, 0.4) is 0 Å². The van der Waals surface area contributed by atoms with Crippen LogP contribution in [-0.4, -0.2) is 49.9 Å². The van der Waals surface area contributed by atoms with Gasteiger partial charge < -0.3 is 24.7 Å². The highest BCUT2D eigenvalue weighted by Crippen LogP contribution is 2.31. The predicted octanol–water partition coefficient (Wildman–Crippen LogP) is 2.46. The standard InChI is InChI=1S/C24H28N4O6/c1-3-33-24(32)19-14(2)34-23(20(19)21(25)30)26-22(31)15-12-18(29)28(13-15)17-8-6-16(7-9-17)27-10-4-5-11-27/h6-9,15H,3-5,10-13H2,1-2H3,(H2,25,30)(H,26,31). The molecule has 0 spiro atoms. The SMILES string of the molecule is CCOC(=O)c1c(C)oc(NC(=O)C2CC(=O)N(c3ccc(N4CCCC4)cc3)C2)c1C(N)=O. The molecular weight excluding hydrogens is 440 g/mol. The Morgan fingerprint density at radius 1 is 1.12 bits per heavy atom. The van der Waals surface area contributed by atoms with Crippen LogP contribution in [0.1, 0.15) is 52.7 Å². The molecule has 10 heteroatoms. The van der Waals surface area contributed by atoms with Crippen molar-refractivity contribution in [2.45, 2.75) is 33.1 Å². The summed E-state index contributed by atoms with van der Waals surface area (Å²) in [7, 11) is 0. The Kier molecular flexibility index (Phi) is 6.58. The first-order valence-electron chi connectivity index (χ1n) is 11.4. The maximum atomic E-state index is 12.9. The number of hydrogen-bond acceptors (Lipinski definition) is 7. The molecule has 0 bridgehead atoms. The van der Waals surface area contributed by atoms with Crippen LogP contribution in [0.4, 0.5) is 17.3 Å². The fourth-order valence-electron chi connectivity index (χ4n) is 4.48. The highest BCUT2D eigenvalue weighted by atomic mass is 16.5. The molecule has 180 valence electrons. The fourth-order valence-corrected chi connectivity index (χ4v) is 4.48. The summed E-state index contributed by atoms with van der Waals surface area (Å²) in [5.41, 5.74) is 6.92. The van der Waals surface area contributed by atoms with E-state index in [9.17, 15) is 19.2 Å². The van der Waals surface area contributed by atoms with Crippen molar-refractivity contribution >= 4 is 40.9 Å². The third kappa shape index (κ3) is 4.48. The quantitative estimate of drug-likeness (QED) is 0.596. The van der Waals surface area contributed by atoms with Gasteiger partial charge in [0.1, 0.15) is 16.9 Å². The number of amides is 3. The number of furan rings is 1. The summed E-state index contributed by atoms with van der Waals surface area (Å²) in [6.07, 6.45) is 2.37. The molecule has 1 atom stereocenters. The summed E-state index contributed by atoms with van der Waals surface area (Å²) in [6, 6.07) is 7.75. The van der Waals surface area contributed by atoms with Gasteiger partial charge in [0.15, 0.2) is 0 Å². The number of ether oxygens (including phenoxy) is 1. The van der Waals surface area contributed by atoms with E-state index in [0.717, 1.165) is 24.5 Å². The summed E-state index contributed by atoms with van der Waals surface area (Å²) in [6.45, 7) is 5.44. The topological polar surface area (TPSA) is 135 Å². The number of nitrogens with two attached hydrogens (primary N) is 1. The van der Waals surface area contributed by atoms with Gasteiger partial charge in [-0.15, -0.1) is 0 Å². The number of nitrogens with zero attached hydrogens (tertiary/aromatic N) is 2. The molecule has 1 unspecified atom stereocenters. The smallest absolute Gasteiger partial charge is 0.342 e. The van der Waals surface area contributed by atoms with Crippen molar-refractivity contribution in [1.82, 2.24) is 0 Å². The Bertz CT molecular complexity index is 1120. The summed E-state index contributed by atoms with van der Waals surface area (Å²) in [4.78, 5) is 53.7. The van der Waals surface area contributed by atoms with Crippen molar-refractivity contribution in [2.24, 2.45) is 11.7 Å². The van der Waals surface area contributed by atoms with E-state index in [4.69, 9.17) is 14.9 Å². The molecule has 1 aromatic carbocycles. The molecule has 0 saturated carbocycles. The van der Waals surface area contributed by atoms with Crippen molar-refractivity contribution in [3.63, 3.8) is 0 Å². The number of primary amides is 1. The summed E-state index contributed by atoms with van der Waals surface area (Å²) in [5, 5.41) is 2.53. The second-order valence-electron chi connectivity index (χ2n) is 8.43. The zero-order valence-corrected chi connectivity index (χ0v) is 19.3. The summed E-state index contributed by atoms with van der Waals surface area (Å²) >= 11 is 0. The molecule has 2 aromatic rings. The van der Waals surface area contributed by atoms with Crippen LogP contribution in [-0.2, 0) is 14.3 Å². The minimum Gasteiger partial charge on any atom is -0.462 e. The maximum Gasteiger partial charge on any atom is 0.342 e. The zero-order valence-electron chi connectivity index (χ0n) is 19.3. The number of carbonyl (C=O) groups is 4. The fraction of sp³-hybridized carbons (Fsp3) is 0.417. The zero-order chi connectivity index (χ0) is 24.4. The Balaban J connectivity index is 1.47. The summed E-state index contributed by atoms with van der Waals surface area (Å²) < 4.78 is 10.4.